The first kappa shape index (κ1) is 15.6. The van der Waals surface area contributed by atoms with Crippen LogP contribution in [-0.4, -0.2) is 28.6 Å². The Morgan fingerprint density at radius 2 is 1.95 bits per heavy atom. The molecule has 1 heterocycles. The maximum atomic E-state index is 11.9. The molecule has 0 N–H and O–H groups in total. The predicted molar refractivity (Wildman–Crippen MR) is 84.5 cm³/mol. The van der Waals surface area contributed by atoms with Gasteiger partial charge in [0.25, 0.3) is 0 Å². The van der Waals surface area contributed by atoms with E-state index in [0.29, 0.717) is 11.7 Å². The molecule has 21 heavy (non-hydrogen) atoms. The number of carbonyl (C=O) groups excluding carboxylic acids is 1. The molecule has 2 rings (SSSR count). The standard InChI is InChI=1S/C16H19ClN2O2/c1-16(2,3)21-15(20)19(4)10-11-5-6-12-7-8-14(17)18-13(12)9-11/h5-9H,10H2,1-4H3. The van der Waals surface area contributed by atoms with Crippen LogP contribution in [0, 0.1) is 0 Å². The van der Waals surface area contributed by atoms with Gasteiger partial charge in [0, 0.05) is 19.0 Å². The van der Waals surface area contributed by atoms with Crippen LogP contribution in [0.4, 0.5) is 4.79 Å². The Labute approximate surface area is 129 Å². The van der Waals surface area contributed by atoms with Crippen LogP contribution in [0.1, 0.15) is 26.3 Å². The van der Waals surface area contributed by atoms with Gasteiger partial charge in [0.05, 0.1) is 5.52 Å². The van der Waals surface area contributed by atoms with E-state index in [1.54, 1.807) is 13.1 Å². The van der Waals surface area contributed by atoms with Crippen LogP contribution in [0.5, 0.6) is 0 Å². The molecule has 0 bridgehead atoms. The molecule has 0 saturated carbocycles. The molecule has 2 aromatic rings. The SMILES string of the molecule is CN(Cc1ccc2ccc(Cl)nc2c1)C(=O)OC(C)(C)C. The number of hydrogen-bond acceptors (Lipinski definition) is 3. The van der Waals surface area contributed by atoms with E-state index in [4.69, 9.17) is 16.3 Å². The highest BCUT2D eigenvalue weighted by atomic mass is 35.5. The summed E-state index contributed by atoms with van der Waals surface area (Å²) in [6.45, 7) is 6.00. The molecule has 0 aliphatic heterocycles. The van der Waals surface area contributed by atoms with Crippen LogP contribution in [0.15, 0.2) is 30.3 Å². The molecular weight excluding hydrogens is 288 g/mol. The molecule has 112 valence electrons. The molecule has 1 amide bonds. The number of benzene rings is 1. The van der Waals surface area contributed by atoms with Gasteiger partial charge in [0.1, 0.15) is 10.8 Å². The lowest BCUT2D eigenvalue weighted by molar-refractivity contribution is 0.0285. The number of ether oxygens (including phenoxy) is 1. The van der Waals surface area contributed by atoms with Crippen molar-refractivity contribution >= 4 is 28.6 Å². The van der Waals surface area contributed by atoms with Gasteiger partial charge in [-0.05, 0) is 44.5 Å². The first-order valence-electron chi connectivity index (χ1n) is 6.74. The van der Waals surface area contributed by atoms with Crippen LogP contribution in [-0.2, 0) is 11.3 Å². The largest absolute Gasteiger partial charge is 0.444 e. The summed E-state index contributed by atoms with van der Waals surface area (Å²) in [5.41, 5.74) is 1.30. The van der Waals surface area contributed by atoms with E-state index >= 15 is 0 Å². The lowest BCUT2D eigenvalue weighted by atomic mass is 10.1. The van der Waals surface area contributed by atoms with E-state index in [0.717, 1.165) is 16.5 Å². The van der Waals surface area contributed by atoms with Crippen molar-refractivity contribution in [1.82, 2.24) is 9.88 Å². The molecule has 0 spiro atoms. The van der Waals surface area contributed by atoms with Crippen LogP contribution >= 0.6 is 11.6 Å². The second-order valence-corrected chi connectivity index (χ2v) is 6.38. The van der Waals surface area contributed by atoms with Gasteiger partial charge in [-0.3, -0.25) is 0 Å². The summed E-state index contributed by atoms with van der Waals surface area (Å²) in [5, 5.41) is 1.48. The summed E-state index contributed by atoms with van der Waals surface area (Å²) < 4.78 is 5.33. The molecule has 0 aliphatic carbocycles. The van der Waals surface area contributed by atoms with Gasteiger partial charge in [0.2, 0.25) is 0 Å². The molecule has 5 heteroatoms. The topological polar surface area (TPSA) is 42.4 Å². The summed E-state index contributed by atoms with van der Waals surface area (Å²) >= 11 is 5.90. The number of pyridine rings is 1. The fourth-order valence-corrected chi connectivity index (χ4v) is 2.07. The maximum Gasteiger partial charge on any atom is 0.410 e. The number of nitrogens with zero attached hydrogens (tertiary/aromatic N) is 2. The van der Waals surface area contributed by atoms with Crippen molar-refractivity contribution < 1.29 is 9.53 Å². The third kappa shape index (κ3) is 4.33. The Hall–Kier alpha value is -1.81. The smallest absolute Gasteiger partial charge is 0.410 e. The number of halogens is 1. The Balaban J connectivity index is 2.14. The van der Waals surface area contributed by atoms with Gasteiger partial charge in [-0.1, -0.05) is 23.7 Å². The molecule has 0 saturated heterocycles. The predicted octanol–water partition coefficient (Wildman–Crippen LogP) is 4.26. The van der Waals surface area contributed by atoms with Crippen molar-refractivity contribution in [2.24, 2.45) is 0 Å². The van der Waals surface area contributed by atoms with Gasteiger partial charge >= 0.3 is 6.09 Å². The fourth-order valence-electron chi connectivity index (χ4n) is 1.91. The molecule has 1 aromatic carbocycles. The average Bonchev–Trinajstić information content (AvgIpc) is 2.36. The molecule has 4 nitrogen and oxygen atoms in total. The molecule has 0 fully saturated rings. The lowest BCUT2D eigenvalue weighted by Gasteiger charge is -2.24. The van der Waals surface area contributed by atoms with E-state index < -0.39 is 5.60 Å². The van der Waals surface area contributed by atoms with Gasteiger partial charge < -0.3 is 9.64 Å². The summed E-state index contributed by atoms with van der Waals surface area (Å²) in [7, 11) is 1.71. The van der Waals surface area contributed by atoms with Crippen LogP contribution in [0.25, 0.3) is 10.9 Å². The molecule has 0 radical (unpaired) electrons. The number of amides is 1. The van der Waals surface area contributed by atoms with Crippen molar-refractivity contribution in [3.05, 3.63) is 41.0 Å². The highest BCUT2D eigenvalue weighted by Gasteiger charge is 2.19. The molecular formula is C16H19ClN2O2. The first-order valence-corrected chi connectivity index (χ1v) is 7.12. The lowest BCUT2D eigenvalue weighted by Crippen LogP contribution is -2.33. The Morgan fingerprint density at radius 1 is 1.29 bits per heavy atom. The number of carbonyl (C=O) groups is 1. The quantitative estimate of drug-likeness (QED) is 0.779. The summed E-state index contributed by atoms with van der Waals surface area (Å²) in [6, 6.07) is 9.56. The monoisotopic (exact) mass is 306 g/mol. The van der Waals surface area contributed by atoms with Crippen molar-refractivity contribution in [2.75, 3.05) is 7.05 Å². The van der Waals surface area contributed by atoms with Gasteiger partial charge in [-0.25, -0.2) is 9.78 Å². The van der Waals surface area contributed by atoms with E-state index in [1.165, 1.54) is 4.90 Å². The molecule has 0 unspecified atom stereocenters. The second-order valence-electron chi connectivity index (χ2n) is 6.00. The summed E-state index contributed by atoms with van der Waals surface area (Å²) in [5.74, 6) is 0. The summed E-state index contributed by atoms with van der Waals surface area (Å²) in [4.78, 5) is 17.8. The Kier molecular flexibility index (Phi) is 4.37. The van der Waals surface area contributed by atoms with Gasteiger partial charge in [-0.2, -0.15) is 0 Å². The second kappa shape index (κ2) is 5.90. The van der Waals surface area contributed by atoms with Crippen molar-refractivity contribution in [3.63, 3.8) is 0 Å². The Morgan fingerprint density at radius 3 is 2.62 bits per heavy atom. The number of fused-ring (bicyclic) bond motifs is 1. The molecule has 0 atom stereocenters. The highest BCUT2D eigenvalue weighted by molar-refractivity contribution is 6.29. The fraction of sp³-hybridized carbons (Fsp3) is 0.375. The number of aromatic nitrogens is 1. The highest BCUT2D eigenvalue weighted by Crippen LogP contribution is 2.18. The number of rotatable bonds is 2. The zero-order valence-electron chi connectivity index (χ0n) is 12.7. The normalized spacial score (nSPS) is 11.5. The zero-order chi connectivity index (χ0) is 15.6. The third-order valence-corrected chi connectivity index (χ3v) is 3.06. The molecule has 0 aliphatic rings. The van der Waals surface area contributed by atoms with Crippen molar-refractivity contribution in [3.8, 4) is 0 Å². The van der Waals surface area contributed by atoms with Crippen LogP contribution in [0.2, 0.25) is 5.15 Å². The third-order valence-electron chi connectivity index (χ3n) is 2.85. The van der Waals surface area contributed by atoms with E-state index in [-0.39, 0.29) is 6.09 Å². The van der Waals surface area contributed by atoms with Crippen molar-refractivity contribution in [1.29, 1.82) is 0 Å². The minimum atomic E-state index is -0.496. The molecule has 1 aromatic heterocycles. The Bertz CT molecular complexity index is 665. The van der Waals surface area contributed by atoms with Crippen LogP contribution < -0.4 is 0 Å². The van der Waals surface area contributed by atoms with E-state index in [9.17, 15) is 4.79 Å². The van der Waals surface area contributed by atoms with E-state index in [2.05, 4.69) is 4.98 Å². The van der Waals surface area contributed by atoms with Gasteiger partial charge in [0.15, 0.2) is 0 Å². The maximum absolute atomic E-state index is 11.9. The minimum Gasteiger partial charge on any atom is -0.444 e. The van der Waals surface area contributed by atoms with Crippen LogP contribution in [0.3, 0.4) is 0 Å². The average molecular weight is 307 g/mol. The van der Waals surface area contributed by atoms with Gasteiger partial charge in [-0.15, -0.1) is 0 Å². The van der Waals surface area contributed by atoms with E-state index in [1.807, 2.05) is 45.0 Å². The first-order chi connectivity index (χ1) is 9.74. The zero-order valence-corrected chi connectivity index (χ0v) is 13.4. The number of hydrogen-bond donors (Lipinski definition) is 0. The summed E-state index contributed by atoms with van der Waals surface area (Å²) in [6.07, 6.45) is -0.346. The van der Waals surface area contributed by atoms with Crippen molar-refractivity contribution in [2.45, 2.75) is 32.9 Å². The minimum absolute atomic E-state index is 0.346.